The summed E-state index contributed by atoms with van der Waals surface area (Å²) in [5.41, 5.74) is 0. The van der Waals surface area contributed by atoms with Crippen molar-refractivity contribution in [3.8, 4) is 5.75 Å². The van der Waals surface area contributed by atoms with Crippen molar-refractivity contribution in [3.63, 3.8) is 0 Å². The van der Waals surface area contributed by atoms with E-state index >= 15 is 0 Å². The third-order valence-corrected chi connectivity index (χ3v) is 3.98. The molecule has 1 atom stereocenters. The van der Waals surface area contributed by atoms with Crippen molar-refractivity contribution in [2.24, 2.45) is 0 Å². The highest BCUT2D eigenvalue weighted by molar-refractivity contribution is 7.97. The number of rotatable bonds is 5. The van der Waals surface area contributed by atoms with E-state index in [0.29, 0.717) is 0 Å². The van der Waals surface area contributed by atoms with Gasteiger partial charge < -0.3 is 4.74 Å². The first-order valence-electron chi connectivity index (χ1n) is 4.16. The fourth-order valence-corrected chi connectivity index (χ4v) is 1.68. The Morgan fingerprint density at radius 1 is 1.31 bits per heavy atom. The Morgan fingerprint density at radius 3 is 2.62 bits per heavy atom. The van der Waals surface area contributed by atoms with Crippen molar-refractivity contribution in [2.45, 2.75) is 0 Å². The van der Waals surface area contributed by atoms with Gasteiger partial charge in [-0.15, -0.1) is 0 Å². The van der Waals surface area contributed by atoms with Gasteiger partial charge in [0.25, 0.3) is 0 Å². The van der Waals surface area contributed by atoms with Crippen LogP contribution in [0.1, 0.15) is 0 Å². The quantitative estimate of drug-likeness (QED) is 0.544. The first kappa shape index (κ1) is 10.7. The van der Waals surface area contributed by atoms with Crippen LogP contribution in [0.5, 0.6) is 5.75 Å². The van der Waals surface area contributed by atoms with Gasteiger partial charge in [-0.25, -0.2) is 0 Å². The van der Waals surface area contributed by atoms with Gasteiger partial charge in [0.15, 0.2) is 5.21 Å². The molecule has 0 spiro atoms. The second-order valence-electron chi connectivity index (χ2n) is 2.76. The minimum absolute atomic E-state index is 0.290. The fraction of sp³-hybridized carbons (Fsp3) is 0.400. The lowest BCUT2D eigenvalue weighted by molar-refractivity contribution is 0.343. The maximum atomic E-state index is 5.69. The summed E-state index contributed by atoms with van der Waals surface area (Å²) in [5.74, 6) is 1.98. The molecular weight excluding hydrogens is 204 g/mol. The SMILES string of the molecule is C[S+](CCl)CCOc1ccccc1. The molecule has 1 nitrogen and oxygen atoms in total. The lowest BCUT2D eigenvalue weighted by Gasteiger charge is -2.04. The van der Waals surface area contributed by atoms with Gasteiger partial charge >= 0.3 is 0 Å². The Bertz CT molecular complexity index is 228. The average Bonchev–Trinajstić information content (AvgIpc) is 2.19. The van der Waals surface area contributed by atoms with Crippen molar-refractivity contribution in [1.82, 2.24) is 0 Å². The molecule has 1 unspecified atom stereocenters. The van der Waals surface area contributed by atoms with E-state index < -0.39 is 0 Å². The molecule has 0 aromatic heterocycles. The second kappa shape index (κ2) is 6.17. The number of alkyl halides is 1. The molecule has 0 saturated heterocycles. The summed E-state index contributed by atoms with van der Waals surface area (Å²) >= 11 is 5.69. The van der Waals surface area contributed by atoms with E-state index in [2.05, 4.69) is 6.26 Å². The third-order valence-electron chi connectivity index (χ3n) is 1.63. The number of benzene rings is 1. The fourth-order valence-electron chi connectivity index (χ4n) is 0.873. The molecule has 0 radical (unpaired) electrons. The van der Waals surface area contributed by atoms with Crippen LogP contribution in [0, 0.1) is 0 Å². The summed E-state index contributed by atoms with van der Waals surface area (Å²) in [5, 5.41) is 0.734. The number of para-hydroxylation sites is 1. The van der Waals surface area contributed by atoms with Gasteiger partial charge in [-0.05, 0) is 12.1 Å². The van der Waals surface area contributed by atoms with Gasteiger partial charge in [0, 0.05) is 10.9 Å². The van der Waals surface area contributed by atoms with E-state index in [4.69, 9.17) is 16.3 Å². The highest BCUT2D eigenvalue weighted by Gasteiger charge is 2.07. The van der Waals surface area contributed by atoms with Crippen molar-refractivity contribution in [3.05, 3.63) is 30.3 Å². The smallest absolute Gasteiger partial charge is 0.181 e. The Labute approximate surface area is 87.4 Å². The Morgan fingerprint density at radius 2 is 2.00 bits per heavy atom. The van der Waals surface area contributed by atoms with Gasteiger partial charge in [-0.3, -0.25) is 0 Å². The minimum Gasteiger partial charge on any atom is -0.489 e. The number of hydrogen-bond donors (Lipinski definition) is 0. The predicted octanol–water partition coefficient (Wildman–Crippen LogP) is 2.51. The van der Waals surface area contributed by atoms with Crippen LogP contribution in [0.25, 0.3) is 0 Å². The van der Waals surface area contributed by atoms with Crippen LogP contribution in [0.4, 0.5) is 0 Å². The number of halogens is 1. The van der Waals surface area contributed by atoms with E-state index in [1.807, 2.05) is 30.3 Å². The standard InChI is InChI=1S/C10H14ClOS/c1-13(9-11)8-7-12-10-5-3-2-4-6-10/h2-6H,7-9H2,1H3/q+1. The van der Waals surface area contributed by atoms with Crippen molar-refractivity contribution in [2.75, 3.05) is 23.8 Å². The summed E-state index contributed by atoms with van der Waals surface area (Å²) in [4.78, 5) is 0. The molecule has 0 fully saturated rings. The normalized spacial score (nSPS) is 12.5. The van der Waals surface area contributed by atoms with Crippen LogP contribution in [0.2, 0.25) is 0 Å². The Kier molecular flexibility index (Phi) is 5.09. The zero-order valence-corrected chi connectivity index (χ0v) is 9.27. The lowest BCUT2D eigenvalue weighted by atomic mass is 10.3. The zero-order valence-electron chi connectivity index (χ0n) is 7.70. The Balaban J connectivity index is 2.20. The molecule has 0 saturated carbocycles. The van der Waals surface area contributed by atoms with Crippen LogP contribution >= 0.6 is 11.6 Å². The highest BCUT2D eigenvalue weighted by atomic mass is 35.5. The number of ether oxygens (including phenoxy) is 1. The van der Waals surface area contributed by atoms with Crippen molar-refractivity contribution >= 4 is 22.5 Å². The van der Waals surface area contributed by atoms with Crippen molar-refractivity contribution in [1.29, 1.82) is 0 Å². The molecule has 0 amide bonds. The molecule has 1 rings (SSSR count). The van der Waals surface area contributed by atoms with E-state index in [0.717, 1.165) is 23.3 Å². The van der Waals surface area contributed by atoms with Crippen molar-refractivity contribution < 1.29 is 4.74 Å². The number of hydrogen-bond acceptors (Lipinski definition) is 1. The molecule has 0 aliphatic heterocycles. The lowest BCUT2D eigenvalue weighted by Crippen LogP contribution is -2.13. The van der Waals surface area contributed by atoms with Gasteiger partial charge in [-0.2, -0.15) is 0 Å². The molecule has 0 bridgehead atoms. The molecule has 13 heavy (non-hydrogen) atoms. The summed E-state index contributed by atoms with van der Waals surface area (Å²) in [6, 6.07) is 9.87. The van der Waals surface area contributed by atoms with E-state index in [1.165, 1.54) is 0 Å². The van der Waals surface area contributed by atoms with Gasteiger partial charge in [-0.1, -0.05) is 29.8 Å². The van der Waals surface area contributed by atoms with Crippen LogP contribution in [0.3, 0.4) is 0 Å². The van der Waals surface area contributed by atoms with Crippen LogP contribution in [-0.4, -0.2) is 23.8 Å². The molecule has 72 valence electrons. The summed E-state index contributed by atoms with van der Waals surface area (Å²) < 4.78 is 5.53. The maximum Gasteiger partial charge on any atom is 0.181 e. The summed E-state index contributed by atoms with van der Waals surface area (Å²) in [6.07, 6.45) is 2.15. The van der Waals surface area contributed by atoms with E-state index in [9.17, 15) is 0 Å². The molecule has 0 aliphatic rings. The largest absolute Gasteiger partial charge is 0.489 e. The third kappa shape index (κ3) is 4.44. The van der Waals surface area contributed by atoms with Crippen LogP contribution < -0.4 is 4.74 Å². The molecule has 0 N–H and O–H groups in total. The zero-order chi connectivity index (χ0) is 9.52. The molecule has 3 heteroatoms. The topological polar surface area (TPSA) is 9.23 Å². The first-order chi connectivity index (χ1) is 6.33. The molecular formula is C10H14ClOS+. The highest BCUT2D eigenvalue weighted by Crippen LogP contribution is 2.08. The second-order valence-corrected chi connectivity index (χ2v) is 5.60. The van der Waals surface area contributed by atoms with E-state index in [1.54, 1.807) is 0 Å². The van der Waals surface area contributed by atoms with Gasteiger partial charge in [0.05, 0.1) is 6.26 Å². The summed E-state index contributed by atoms with van der Waals surface area (Å²) in [7, 11) is 0.290. The molecule has 1 aromatic carbocycles. The first-order valence-corrected chi connectivity index (χ1v) is 6.66. The Hall–Kier alpha value is -0.340. The molecule has 1 aromatic rings. The van der Waals surface area contributed by atoms with Gasteiger partial charge in [0.2, 0.25) is 0 Å². The predicted molar refractivity (Wildman–Crippen MR) is 60.8 cm³/mol. The van der Waals surface area contributed by atoms with E-state index in [-0.39, 0.29) is 10.9 Å². The molecule has 0 heterocycles. The molecule has 0 aliphatic carbocycles. The monoisotopic (exact) mass is 217 g/mol. The maximum absolute atomic E-state index is 5.69. The minimum atomic E-state index is 0.290. The van der Waals surface area contributed by atoms with Crippen LogP contribution in [-0.2, 0) is 10.9 Å². The van der Waals surface area contributed by atoms with Gasteiger partial charge in [0.1, 0.15) is 18.1 Å². The van der Waals surface area contributed by atoms with Crippen LogP contribution in [0.15, 0.2) is 30.3 Å². The average molecular weight is 218 g/mol. The summed E-state index contributed by atoms with van der Waals surface area (Å²) in [6.45, 7) is 0.760.